The van der Waals surface area contributed by atoms with Gasteiger partial charge >= 0.3 is 5.97 Å². The first-order chi connectivity index (χ1) is 15.5. The number of carbonyl (C=O) groups is 1. The molecule has 0 spiro atoms. The molecule has 0 atom stereocenters. The van der Waals surface area contributed by atoms with Gasteiger partial charge in [0.05, 0.1) is 12.6 Å². The highest BCUT2D eigenvalue weighted by Crippen LogP contribution is 2.31. The highest BCUT2D eigenvalue weighted by atomic mass is 35.5. The number of nitrogens with zero attached hydrogens (tertiary/aromatic N) is 1. The van der Waals surface area contributed by atoms with Gasteiger partial charge in [-0.25, -0.2) is 4.79 Å². The molecule has 0 unspecified atom stereocenters. The molecule has 0 aliphatic heterocycles. The van der Waals surface area contributed by atoms with Crippen LogP contribution < -0.4 is 10.1 Å². The number of benzene rings is 3. The van der Waals surface area contributed by atoms with Crippen molar-refractivity contribution in [3.8, 4) is 5.75 Å². The summed E-state index contributed by atoms with van der Waals surface area (Å²) in [6.45, 7) is 3.54. The minimum atomic E-state index is -0.947. The number of nitrogens with one attached hydrogen (secondary N) is 1. The summed E-state index contributed by atoms with van der Waals surface area (Å²) in [6, 6.07) is 21.4. The molecule has 2 N–H and O–H groups in total. The predicted octanol–water partition coefficient (Wildman–Crippen LogP) is 5.65. The third-order valence-corrected chi connectivity index (χ3v) is 5.97. The highest BCUT2D eigenvalue weighted by molar-refractivity contribution is 6.30. The van der Waals surface area contributed by atoms with Gasteiger partial charge in [-0.3, -0.25) is 0 Å². The number of ether oxygens (including phenoxy) is 1. The van der Waals surface area contributed by atoms with E-state index >= 15 is 0 Å². The van der Waals surface area contributed by atoms with Gasteiger partial charge in [-0.05, 0) is 47.9 Å². The van der Waals surface area contributed by atoms with E-state index in [4.69, 9.17) is 16.3 Å². The molecule has 4 rings (SSSR count). The molecular formula is C26H25ClN2O3. The topological polar surface area (TPSA) is 63.5 Å². The SMILES string of the molecule is COc1ccc2c(CNCc3ccc(Cl)cc3)c(C(=O)O)n(Cc3ccccc3C)c2c1. The number of aromatic nitrogens is 1. The van der Waals surface area contributed by atoms with Crippen molar-refractivity contribution < 1.29 is 14.6 Å². The van der Waals surface area contributed by atoms with Crippen LogP contribution in [0.25, 0.3) is 10.9 Å². The van der Waals surface area contributed by atoms with Crippen LogP contribution in [0, 0.1) is 6.92 Å². The van der Waals surface area contributed by atoms with Crippen LogP contribution >= 0.6 is 11.6 Å². The van der Waals surface area contributed by atoms with Gasteiger partial charge in [0.2, 0.25) is 0 Å². The smallest absolute Gasteiger partial charge is 0.352 e. The van der Waals surface area contributed by atoms with Crippen LogP contribution in [0.4, 0.5) is 0 Å². The van der Waals surface area contributed by atoms with Crippen molar-refractivity contribution in [1.29, 1.82) is 0 Å². The Hall–Kier alpha value is -3.28. The molecule has 1 aromatic heterocycles. The van der Waals surface area contributed by atoms with Crippen LogP contribution in [-0.4, -0.2) is 22.8 Å². The van der Waals surface area contributed by atoms with E-state index in [1.165, 1.54) is 0 Å². The Bertz CT molecular complexity index is 1260. The minimum Gasteiger partial charge on any atom is -0.497 e. The molecule has 1 heterocycles. The largest absolute Gasteiger partial charge is 0.497 e. The van der Waals surface area contributed by atoms with Crippen molar-refractivity contribution in [1.82, 2.24) is 9.88 Å². The lowest BCUT2D eigenvalue weighted by Gasteiger charge is -2.12. The van der Waals surface area contributed by atoms with E-state index in [9.17, 15) is 9.90 Å². The summed E-state index contributed by atoms with van der Waals surface area (Å²) in [5.74, 6) is -0.254. The molecule has 0 saturated carbocycles. The molecule has 164 valence electrons. The Morgan fingerprint density at radius 1 is 1.06 bits per heavy atom. The third kappa shape index (κ3) is 4.49. The lowest BCUT2D eigenvalue weighted by molar-refractivity contribution is 0.0684. The molecule has 6 heteroatoms. The van der Waals surface area contributed by atoms with Crippen molar-refractivity contribution in [2.45, 2.75) is 26.6 Å². The molecule has 32 heavy (non-hydrogen) atoms. The molecule has 3 aromatic carbocycles. The number of fused-ring (bicyclic) bond motifs is 1. The van der Waals surface area contributed by atoms with Crippen LogP contribution in [0.3, 0.4) is 0 Å². The summed E-state index contributed by atoms with van der Waals surface area (Å²) in [5.41, 5.74) is 5.18. The molecule has 0 fully saturated rings. The number of rotatable bonds is 8. The van der Waals surface area contributed by atoms with E-state index in [0.29, 0.717) is 36.1 Å². The molecule has 0 radical (unpaired) electrons. The summed E-state index contributed by atoms with van der Waals surface area (Å²) in [5, 5.41) is 15.2. The van der Waals surface area contributed by atoms with Crippen molar-refractivity contribution in [3.05, 3.63) is 99.7 Å². The lowest BCUT2D eigenvalue weighted by Crippen LogP contribution is -2.17. The summed E-state index contributed by atoms with van der Waals surface area (Å²) in [7, 11) is 1.61. The summed E-state index contributed by atoms with van der Waals surface area (Å²) in [6.07, 6.45) is 0. The minimum absolute atomic E-state index is 0.292. The first kappa shape index (κ1) is 21.9. The van der Waals surface area contributed by atoms with Gasteiger partial charge in [-0.2, -0.15) is 0 Å². The Kier molecular flexibility index (Phi) is 6.49. The normalized spacial score (nSPS) is 11.1. The van der Waals surface area contributed by atoms with Crippen LogP contribution in [0.5, 0.6) is 5.75 Å². The Labute approximate surface area is 192 Å². The second-order valence-corrected chi connectivity index (χ2v) is 8.19. The summed E-state index contributed by atoms with van der Waals surface area (Å²) < 4.78 is 7.30. The Morgan fingerprint density at radius 3 is 2.50 bits per heavy atom. The Balaban J connectivity index is 1.75. The van der Waals surface area contributed by atoms with Crippen LogP contribution in [0.1, 0.15) is 32.7 Å². The van der Waals surface area contributed by atoms with E-state index in [-0.39, 0.29) is 0 Å². The maximum Gasteiger partial charge on any atom is 0.352 e. The van der Waals surface area contributed by atoms with E-state index in [0.717, 1.165) is 33.2 Å². The molecule has 5 nitrogen and oxygen atoms in total. The first-order valence-corrected chi connectivity index (χ1v) is 10.8. The molecule has 0 bridgehead atoms. The van der Waals surface area contributed by atoms with Crippen molar-refractivity contribution in [2.75, 3.05) is 7.11 Å². The molecule has 0 aliphatic carbocycles. The van der Waals surface area contributed by atoms with Gasteiger partial charge in [0.1, 0.15) is 11.4 Å². The zero-order valence-electron chi connectivity index (χ0n) is 18.1. The maximum absolute atomic E-state index is 12.4. The van der Waals surface area contributed by atoms with Crippen LogP contribution in [0.2, 0.25) is 5.02 Å². The van der Waals surface area contributed by atoms with Crippen LogP contribution in [-0.2, 0) is 19.6 Å². The first-order valence-electron chi connectivity index (χ1n) is 10.4. The zero-order valence-corrected chi connectivity index (χ0v) is 18.8. The van der Waals surface area contributed by atoms with Gasteiger partial charge in [-0.15, -0.1) is 0 Å². The van der Waals surface area contributed by atoms with E-state index in [2.05, 4.69) is 5.32 Å². The van der Waals surface area contributed by atoms with Crippen molar-refractivity contribution >= 4 is 28.5 Å². The predicted molar refractivity (Wildman–Crippen MR) is 128 cm³/mol. The van der Waals surface area contributed by atoms with E-state index in [1.54, 1.807) is 7.11 Å². The van der Waals surface area contributed by atoms with Gasteiger partial charge in [-0.1, -0.05) is 48.0 Å². The average Bonchev–Trinajstić information content (AvgIpc) is 3.09. The third-order valence-electron chi connectivity index (χ3n) is 5.71. The fourth-order valence-corrected chi connectivity index (χ4v) is 4.13. The second-order valence-electron chi connectivity index (χ2n) is 7.76. The molecular weight excluding hydrogens is 424 g/mol. The van der Waals surface area contributed by atoms with Gasteiger partial charge in [0.15, 0.2) is 0 Å². The van der Waals surface area contributed by atoms with Crippen LogP contribution in [0.15, 0.2) is 66.7 Å². The fourth-order valence-electron chi connectivity index (χ4n) is 4.01. The van der Waals surface area contributed by atoms with Gasteiger partial charge < -0.3 is 19.7 Å². The standard InChI is InChI=1S/C26H25ClN2O3/c1-17-5-3-4-6-19(17)16-29-24-13-21(32-2)11-12-22(24)23(25(29)26(30)31)15-28-14-18-7-9-20(27)10-8-18/h3-13,28H,14-16H2,1-2H3,(H,30,31). The number of halogens is 1. The number of aromatic carboxylic acids is 1. The number of hydrogen-bond donors (Lipinski definition) is 2. The highest BCUT2D eigenvalue weighted by Gasteiger charge is 2.23. The molecule has 4 aromatic rings. The zero-order chi connectivity index (χ0) is 22.7. The summed E-state index contributed by atoms with van der Waals surface area (Å²) >= 11 is 5.97. The lowest BCUT2D eigenvalue weighted by atomic mass is 10.1. The molecule has 0 saturated heterocycles. The summed E-state index contributed by atoms with van der Waals surface area (Å²) in [4.78, 5) is 12.4. The quantitative estimate of drug-likeness (QED) is 0.365. The van der Waals surface area contributed by atoms with Crippen molar-refractivity contribution in [3.63, 3.8) is 0 Å². The number of methoxy groups -OCH3 is 1. The van der Waals surface area contributed by atoms with E-state index in [1.807, 2.05) is 78.2 Å². The average molecular weight is 449 g/mol. The number of hydrogen-bond acceptors (Lipinski definition) is 3. The van der Waals surface area contributed by atoms with E-state index < -0.39 is 5.97 Å². The fraction of sp³-hybridized carbons (Fsp3) is 0.192. The monoisotopic (exact) mass is 448 g/mol. The van der Waals surface area contributed by atoms with Crippen molar-refractivity contribution in [2.24, 2.45) is 0 Å². The number of aryl methyl sites for hydroxylation is 1. The molecule has 0 aliphatic rings. The van der Waals surface area contributed by atoms with Gasteiger partial charge in [0, 0.05) is 41.7 Å². The molecule has 0 amide bonds. The maximum atomic E-state index is 12.4. The second kappa shape index (κ2) is 9.47. The number of carboxylic acids is 1. The Morgan fingerprint density at radius 2 is 1.81 bits per heavy atom. The number of carboxylic acid groups (broad SMARTS) is 1. The van der Waals surface area contributed by atoms with Gasteiger partial charge in [0.25, 0.3) is 0 Å².